The smallest absolute Gasteiger partial charge is 0.306 e. The van der Waals surface area contributed by atoms with Crippen LogP contribution in [-0.2, 0) is 9.53 Å². The van der Waals surface area contributed by atoms with Gasteiger partial charge in [-0.15, -0.1) is 0 Å². The summed E-state index contributed by atoms with van der Waals surface area (Å²) >= 11 is 0. The minimum Gasteiger partial charge on any atom is -0.494 e. The fourth-order valence-electron chi connectivity index (χ4n) is 2.72. The molecule has 0 aliphatic carbocycles. The molecule has 1 fully saturated rings. The van der Waals surface area contributed by atoms with E-state index in [1.807, 2.05) is 20.8 Å². The summed E-state index contributed by atoms with van der Waals surface area (Å²) < 4.78 is 11.2. The predicted molar refractivity (Wildman–Crippen MR) is 107 cm³/mol. The van der Waals surface area contributed by atoms with E-state index in [0.717, 1.165) is 44.5 Å². The Balaban J connectivity index is 1.51. The first-order chi connectivity index (χ1) is 11.8. The molecule has 3 nitrogen and oxygen atoms in total. The molecule has 0 N–H and O–H groups in total. The summed E-state index contributed by atoms with van der Waals surface area (Å²) in [7, 11) is -0.457. The summed E-state index contributed by atoms with van der Waals surface area (Å²) in [5, 5.41) is 0. The van der Waals surface area contributed by atoms with Crippen LogP contribution in [0.15, 0.2) is 29.2 Å². The van der Waals surface area contributed by atoms with E-state index in [0.29, 0.717) is 6.42 Å². The highest BCUT2D eigenvalue weighted by Gasteiger charge is 2.33. The van der Waals surface area contributed by atoms with Gasteiger partial charge in [0.1, 0.15) is 11.4 Å². The molecule has 1 aromatic carbocycles. The van der Waals surface area contributed by atoms with Crippen LogP contribution in [0.2, 0.25) is 0 Å². The van der Waals surface area contributed by atoms with Crippen molar-refractivity contribution in [3.8, 4) is 5.75 Å². The Kier molecular flexibility index (Phi) is 7.24. The quantitative estimate of drug-likeness (QED) is 0.309. The van der Waals surface area contributed by atoms with Crippen LogP contribution in [0.1, 0.15) is 59.3 Å². The molecular weight excluding hydrogens is 332 g/mol. The molecule has 1 aromatic rings. The van der Waals surface area contributed by atoms with Gasteiger partial charge in [0.05, 0.1) is 6.61 Å². The lowest BCUT2D eigenvalue weighted by Crippen LogP contribution is -2.23. The molecule has 142 valence electrons. The summed E-state index contributed by atoms with van der Waals surface area (Å²) in [5.41, 5.74) is -0.371. The third-order valence-electron chi connectivity index (χ3n) is 4.41. The van der Waals surface area contributed by atoms with Crippen molar-refractivity contribution in [2.75, 3.05) is 24.4 Å². The van der Waals surface area contributed by atoms with E-state index >= 15 is 0 Å². The zero-order chi connectivity index (χ0) is 18.3. The van der Waals surface area contributed by atoms with E-state index in [4.69, 9.17) is 9.47 Å². The van der Waals surface area contributed by atoms with Gasteiger partial charge in [-0.05, 0) is 74.5 Å². The van der Waals surface area contributed by atoms with E-state index in [2.05, 4.69) is 30.5 Å². The van der Waals surface area contributed by atoms with E-state index in [1.54, 1.807) is 0 Å². The maximum absolute atomic E-state index is 11.6. The van der Waals surface area contributed by atoms with Gasteiger partial charge >= 0.3 is 5.97 Å². The molecule has 1 saturated heterocycles. The minimum absolute atomic E-state index is 0.0813. The van der Waals surface area contributed by atoms with Crippen LogP contribution < -0.4 is 4.74 Å². The van der Waals surface area contributed by atoms with Crippen LogP contribution in [0.5, 0.6) is 5.75 Å². The summed E-state index contributed by atoms with van der Waals surface area (Å²) in [6, 6.07) is 8.68. The van der Waals surface area contributed by atoms with Gasteiger partial charge in [0.15, 0.2) is 0 Å². The molecule has 0 atom stereocenters. The lowest BCUT2D eigenvalue weighted by molar-refractivity contribution is -0.154. The van der Waals surface area contributed by atoms with Crippen molar-refractivity contribution in [2.45, 2.75) is 69.8 Å². The average molecular weight is 367 g/mol. The fraction of sp³-hybridized carbons (Fsp3) is 0.667. The van der Waals surface area contributed by atoms with Gasteiger partial charge in [0, 0.05) is 6.42 Å². The van der Waals surface area contributed by atoms with Crippen molar-refractivity contribution in [1.29, 1.82) is 0 Å². The molecule has 1 aliphatic heterocycles. The molecule has 0 bridgehead atoms. The lowest BCUT2D eigenvalue weighted by Gasteiger charge is -2.19. The Bertz CT molecular complexity index is 559. The van der Waals surface area contributed by atoms with Crippen LogP contribution >= 0.6 is 10.0 Å². The highest BCUT2D eigenvalue weighted by atomic mass is 32.3. The Hall–Kier alpha value is -1.16. The van der Waals surface area contributed by atoms with Crippen LogP contribution in [0.4, 0.5) is 0 Å². The lowest BCUT2D eigenvalue weighted by atomic mass is 10.1. The first-order valence-corrected chi connectivity index (χ1v) is 11.8. The molecule has 1 heterocycles. The Morgan fingerprint density at radius 2 is 1.76 bits per heavy atom. The second-order valence-electron chi connectivity index (χ2n) is 8.11. The largest absolute Gasteiger partial charge is 0.494 e. The van der Waals surface area contributed by atoms with Crippen LogP contribution in [0, 0.1) is 0 Å². The number of hydrogen-bond acceptors (Lipinski definition) is 3. The number of benzene rings is 1. The predicted octanol–water partition coefficient (Wildman–Crippen LogP) is 5.55. The zero-order valence-electron chi connectivity index (χ0n) is 16.3. The fourth-order valence-corrected chi connectivity index (χ4v) is 4.99. The molecule has 0 aromatic heterocycles. The minimum atomic E-state index is -0.457. The SMILES string of the molecule is CC(C)(C)OC(=O)CCCCCCCOc1cccc(S2(C)CC2)c1. The van der Waals surface area contributed by atoms with E-state index < -0.39 is 10.0 Å². The van der Waals surface area contributed by atoms with Crippen molar-refractivity contribution in [1.82, 2.24) is 0 Å². The molecule has 0 unspecified atom stereocenters. The maximum atomic E-state index is 11.6. The first-order valence-electron chi connectivity index (χ1n) is 9.47. The highest BCUT2D eigenvalue weighted by Crippen LogP contribution is 2.64. The maximum Gasteiger partial charge on any atom is 0.306 e. The van der Waals surface area contributed by atoms with Gasteiger partial charge < -0.3 is 9.47 Å². The number of carbonyl (C=O) groups excluding carboxylic acids is 1. The van der Waals surface area contributed by atoms with Crippen LogP contribution in [0.25, 0.3) is 0 Å². The van der Waals surface area contributed by atoms with E-state index in [9.17, 15) is 4.79 Å². The van der Waals surface area contributed by atoms with Gasteiger partial charge in [0.2, 0.25) is 0 Å². The van der Waals surface area contributed by atoms with Gasteiger partial charge in [-0.3, -0.25) is 4.79 Å². The number of carbonyl (C=O) groups is 1. The molecule has 0 radical (unpaired) electrons. The topological polar surface area (TPSA) is 35.5 Å². The standard InChI is InChI=1S/C21H34O3S/c1-21(2,3)24-20(22)13-8-6-5-7-9-14-23-18-11-10-12-19(17-18)25(4)15-16-25/h10-12,17H,5-9,13-16H2,1-4H3. The van der Waals surface area contributed by atoms with E-state index in [1.165, 1.54) is 16.4 Å². The number of rotatable bonds is 10. The summed E-state index contributed by atoms with van der Waals surface area (Å²) in [4.78, 5) is 13.1. The number of esters is 1. The first kappa shape index (κ1) is 20.2. The van der Waals surface area contributed by atoms with Crippen molar-refractivity contribution in [3.63, 3.8) is 0 Å². The molecule has 25 heavy (non-hydrogen) atoms. The Morgan fingerprint density at radius 3 is 2.44 bits per heavy atom. The second kappa shape index (κ2) is 8.98. The molecule has 0 saturated carbocycles. The zero-order valence-corrected chi connectivity index (χ0v) is 17.1. The van der Waals surface area contributed by atoms with Crippen molar-refractivity contribution < 1.29 is 14.3 Å². The summed E-state index contributed by atoms with van der Waals surface area (Å²) in [6.45, 7) is 6.51. The van der Waals surface area contributed by atoms with Crippen LogP contribution in [0.3, 0.4) is 0 Å². The number of ether oxygens (including phenoxy) is 2. The van der Waals surface area contributed by atoms with Crippen molar-refractivity contribution in [3.05, 3.63) is 24.3 Å². The monoisotopic (exact) mass is 366 g/mol. The molecule has 4 heteroatoms. The summed E-state index contributed by atoms with van der Waals surface area (Å²) in [5.74, 6) is 3.68. The molecule has 2 rings (SSSR count). The van der Waals surface area contributed by atoms with Crippen molar-refractivity contribution >= 4 is 16.0 Å². The highest BCUT2D eigenvalue weighted by molar-refractivity contribution is 8.38. The molecular formula is C21H34O3S. The molecule has 0 spiro atoms. The van der Waals surface area contributed by atoms with E-state index in [-0.39, 0.29) is 11.6 Å². The normalized spacial score (nSPS) is 17.0. The molecule has 1 aliphatic rings. The third kappa shape index (κ3) is 7.72. The number of unbranched alkanes of at least 4 members (excludes halogenated alkanes) is 4. The Morgan fingerprint density at radius 1 is 1.08 bits per heavy atom. The molecule has 0 amide bonds. The number of hydrogen-bond donors (Lipinski definition) is 0. The van der Waals surface area contributed by atoms with Gasteiger partial charge in [0.25, 0.3) is 0 Å². The van der Waals surface area contributed by atoms with Gasteiger partial charge in [-0.25, -0.2) is 10.0 Å². The van der Waals surface area contributed by atoms with Gasteiger partial charge in [-0.1, -0.05) is 25.3 Å². The third-order valence-corrected chi connectivity index (χ3v) is 7.43. The average Bonchev–Trinajstić information content (AvgIpc) is 3.28. The Labute approximate surface area is 154 Å². The van der Waals surface area contributed by atoms with Gasteiger partial charge in [-0.2, -0.15) is 0 Å². The summed E-state index contributed by atoms with van der Waals surface area (Å²) in [6.07, 6.45) is 8.30. The second-order valence-corrected chi connectivity index (χ2v) is 11.9. The van der Waals surface area contributed by atoms with Crippen molar-refractivity contribution in [2.24, 2.45) is 0 Å². The van der Waals surface area contributed by atoms with Crippen LogP contribution in [-0.4, -0.2) is 35.9 Å².